The van der Waals surface area contributed by atoms with Gasteiger partial charge in [0.15, 0.2) is 0 Å². The largest absolute Gasteiger partial charge is 0.457 e. The zero-order chi connectivity index (χ0) is 20.2. The predicted molar refractivity (Wildman–Crippen MR) is 123 cm³/mol. The van der Waals surface area contributed by atoms with Gasteiger partial charge in [0.1, 0.15) is 16.8 Å². The molecule has 0 unspecified atom stereocenters. The number of aromatic nitrogens is 1. The standard InChI is InChI=1S/C24H21BN4O/c1-17-28(18-9-4-3-5-10-18)21-12-8-14-26-24(21)29(17)25-15-23-20(16-27(25)2)19-11-6-7-13-22(19)30-23/h3-17H,1-2H3/t17-/m0/s1. The number of fused-ring (bicyclic) bond motifs is 4. The van der Waals surface area contributed by atoms with Crippen molar-refractivity contribution in [2.24, 2.45) is 0 Å². The van der Waals surface area contributed by atoms with Crippen LogP contribution in [0.25, 0.3) is 23.1 Å². The molecule has 6 rings (SSSR count). The number of para-hydroxylation sites is 2. The number of hydrogen-bond donors (Lipinski definition) is 0. The Labute approximate surface area is 175 Å². The Hall–Kier alpha value is -3.67. The summed E-state index contributed by atoms with van der Waals surface area (Å²) in [5.41, 5.74) is 4.12. The Kier molecular flexibility index (Phi) is 3.69. The first-order chi connectivity index (χ1) is 14.7. The van der Waals surface area contributed by atoms with Crippen LogP contribution < -0.4 is 20.3 Å². The highest BCUT2D eigenvalue weighted by Gasteiger charge is 2.42. The average Bonchev–Trinajstić information content (AvgIpc) is 3.28. The number of nitrogens with zero attached hydrogens (tertiary/aromatic N) is 4. The fraction of sp³-hybridized carbons (Fsp3) is 0.125. The molecule has 4 heterocycles. The maximum atomic E-state index is 6.19. The van der Waals surface area contributed by atoms with Gasteiger partial charge in [-0.3, -0.25) is 0 Å². The number of rotatable bonds is 2. The van der Waals surface area contributed by atoms with Crippen molar-refractivity contribution < 1.29 is 4.42 Å². The van der Waals surface area contributed by atoms with E-state index >= 15 is 0 Å². The maximum Gasteiger partial charge on any atom is 0.409 e. The van der Waals surface area contributed by atoms with E-state index in [4.69, 9.17) is 9.40 Å². The lowest BCUT2D eigenvalue weighted by atomic mass is 9.70. The van der Waals surface area contributed by atoms with E-state index in [1.807, 2.05) is 30.5 Å². The smallest absolute Gasteiger partial charge is 0.409 e. The van der Waals surface area contributed by atoms with Crippen LogP contribution in [0.2, 0.25) is 0 Å². The second kappa shape index (κ2) is 6.42. The summed E-state index contributed by atoms with van der Waals surface area (Å²) in [7, 11) is 2.12. The van der Waals surface area contributed by atoms with Crippen LogP contribution in [0.5, 0.6) is 0 Å². The summed E-state index contributed by atoms with van der Waals surface area (Å²) < 4.78 is 6.19. The van der Waals surface area contributed by atoms with Gasteiger partial charge in [0.05, 0.1) is 11.9 Å². The molecule has 0 spiro atoms. The minimum atomic E-state index is -0.00424. The quantitative estimate of drug-likeness (QED) is 0.489. The Balaban J connectivity index is 1.51. The summed E-state index contributed by atoms with van der Waals surface area (Å²) in [6, 6.07) is 22.9. The average molecular weight is 392 g/mol. The van der Waals surface area contributed by atoms with E-state index in [-0.39, 0.29) is 13.1 Å². The van der Waals surface area contributed by atoms with Gasteiger partial charge >= 0.3 is 6.98 Å². The fourth-order valence-corrected chi connectivity index (χ4v) is 4.72. The third-order valence-corrected chi connectivity index (χ3v) is 6.08. The normalized spacial score (nSPS) is 17.6. The molecule has 1 atom stereocenters. The molecule has 6 heteroatoms. The maximum absolute atomic E-state index is 6.19. The van der Waals surface area contributed by atoms with Crippen molar-refractivity contribution in [1.29, 1.82) is 0 Å². The first-order valence-electron chi connectivity index (χ1n) is 10.2. The van der Waals surface area contributed by atoms with E-state index in [1.165, 1.54) is 0 Å². The van der Waals surface area contributed by atoms with Crippen molar-refractivity contribution >= 4 is 47.3 Å². The molecule has 5 nitrogen and oxygen atoms in total. The highest BCUT2D eigenvalue weighted by atomic mass is 16.3. The van der Waals surface area contributed by atoms with E-state index in [0.29, 0.717) is 0 Å². The third-order valence-electron chi connectivity index (χ3n) is 6.08. The van der Waals surface area contributed by atoms with Gasteiger partial charge < -0.3 is 18.9 Å². The van der Waals surface area contributed by atoms with E-state index in [0.717, 1.165) is 38.8 Å². The number of anilines is 3. The lowest BCUT2D eigenvalue weighted by Crippen LogP contribution is -2.56. The summed E-state index contributed by atoms with van der Waals surface area (Å²) >= 11 is 0. The molecule has 0 aliphatic carbocycles. The molecule has 30 heavy (non-hydrogen) atoms. The summed E-state index contributed by atoms with van der Waals surface area (Å²) in [5.74, 6) is 3.19. The number of benzene rings is 2. The van der Waals surface area contributed by atoms with Crippen molar-refractivity contribution in [3.63, 3.8) is 0 Å². The molecular formula is C24H21BN4O. The molecule has 2 aromatic heterocycles. The van der Waals surface area contributed by atoms with Crippen LogP contribution in [0.1, 0.15) is 6.92 Å². The Morgan fingerprint density at radius 3 is 2.63 bits per heavy atom. The van der Waals surface area contributed by atoms with Gasteiger partial charge in [0.25, 0.3) is 0 Å². The van der Waals surface area contributed by atoms with Crippen molar-refractivity contribution in [2.75, 3.05) is 16.8 Å². The lowest BCUT2D eigenvalue weighted by molar-refractivity contribution is 0.571. The summed E-state index contributed by atoms with van der Waals surface area (Å²) in [6.45, 7) is 2.22. The molecule has 2 aromatic carbocycles. The van der Waals surface area contributed by atoms with Crippen LogP contribution in [-0.4, -0.2) is 30.0 Å². The van der Waals surface area contributed by atoms with Crippen molar-refractivity contribution in [2.45, 2.75) is 13.1 Å². The highest BCUT2D eigenvalue weighted by molar-refractivity contribution is 6.75. The Morgan fingerprint density at radius 2 is 1.77 bits per heavy atom. The van der Waals surface area contributed by atoms with Crippen molar-refractivity contribution in [1.82, 2.24) is 9.79 Å². The molecule has 0 fully saturated rings. The van der Waals surface area contributed by atoms with Gasteiger partial charge in [-0.2, -0.15) is 0 Å². The number of pyridine rings is 1. The zero-order valence-corrected chi connectivity index (χ0v) is 16.9. The number of furan rings is 1. The van der Waals surface area contributed by atoms with Gasteiger partial charge in [-0.25, -0.2) is 4.98 Å². The van der Waals surface area contributed by atoms with Crippen LogP contribution in [0.15, 0.2) is 77.3 Å². The van der Waals surface area contributed by atoms with E-state index in [2.05, 4.69) is 83.1 Å². The summed E-state index contributed by atoms with van der Waals surface area (Å²) in [5, 5.41) is 2.28. The third kappa shape index (κ3) is 2.40. The molecule has 0 amide bonds. The second-order valence-corrected chi connectivity index (χ2v) is 7.84. The summed E-state index contributed by atoms with van der Waals surface area (Å²) in [6.07, 6.45) is 4.15. The van der Waals surface area contributed by atoms with Crippen LogP contribution >= 0.6 is 0 Å². The second-order valence-electron chi connectivity index (χ2n) is 7.84. The Morgan fingerprint density at radius 1 is 0.967 bits per heavy atom. The summed E-state index contributed by atoms with van der Waals surface area (Å²) in [4.78, 5) is 11.7. The minimum Gasteiger partial charge on any atom is -0.457 e. The topological polar surface area (TPSA) is 35.8 Å². The van der Waals surface area contributed by atoms with Gasteiger partial charge in [0, 0.05) is 28.7 Å². The van der Waals surface area contributed by atoms with E-state index < -0.39 is 0 Å². The molecule has 146 valence electrons. The molecule has 4 aromatic rings. The highest BCUT2D eigenvalue weighted by Crippen LogP contribution is 2.43. The molecule has 2 aliphatic heterocycles. The monoisotopic (exact) mass is 392 g/mol. The molecule has 0 N–H and O–H groups in total. The predicted octanol–water partition coefficient (Wildman–Crippen LogP) is 3.32. The first-order valence-corrected chi connectivity index (χ1v) is 10.2. The van der Waals surface area contributed by atoms with E-state index in [1.54, 1.807) is 0 Å². The van der Waals surface area contributed by atoms with Crippen molar-refractivity contribution in [3.8, 4) is 0 Å². The van der Waals surface area contributed by atoms with Gasteiger partial charge in [-0.15, -0.1) is 0 Å². The molecular weight excluding hydrogens is 371 g/mol. The van der Waals surface area contributed by atoms with Gasteiger partial charge in [-0.1, -0.05) is 36.4 Å². The molecule has 2 aliphatic rings. The van der Waals surface area contributed by atoms with Crippen LogP contribution in [0.4, 0.5) is 17.2 Å². The number of hydrogen-bond acceptors (Lipinski definition) is 5. The minimum absolute atomic E-state index is 0.00424. The van der Waals surface area contributed by atoms with Crippen LogP contribution in [0.3, 0.4) is 0 Å². The van der Waals surface area contributed by atoms with Gasteiger partial charge in [-0.05, 0) is 50.3 Å². The molecule has 0 bridgehead atoms. The van der Waals surface area contributed by atoms with Crippen molar-refractivity contribution in [3.05, 3.63) is 83.6 Å². The fourth-order valence-electron chi connectivity index (χ4n) is 4.72. The lowest BCUT2D eigenvalue weighted by Gasteiger charge is -2.36. The Bertz CT molecular complexity index is 1370. The first kappa shape index (κ1) is 17.2. The molecule has 0 saturated heterocycles. The van der Waals surface area contributed by atoms with E-state index in [9.17, 15) is 0 Å². The SMILES string of the molecule is C[C@@H]1N(B2C=c3oc4ccccc4c3=CN2C)c2ncccc2N1c1ccccc1. The van der Waals surface area contributed by atoms with Crippen LogP contribution in [-0.2, 0) is 0 Å². The van der Waals surface area contributed by atoms with Gasteiger partial charge in [0.2, 0.25) is 0 Å². The molecule has 0 radical (unpaired) electrons. The van der Waals surface area contributed by atoms with Crippen LogP contribution in [0, 0.1) is 0 Å². The molecule has 0 saturated carbocycles. The zero-order valence-electron chi connectivity index (χ0n) is 16.9.